The van der Waals surface area contributed by atoms with Crippen LogP contribution in [0.5, 0.6) is 34.5 Å². The fourth-order valence-corrected chi connectivity index (χ4v) is 5.49. The molecule has 0 fully saturated rings. The van der Waals surface area contributed by atoms with E-state index in [1.54, 1.807) is 7.11 Å². The zero-order chi connectivity index (χ0) is 28.8. The number of phenolic OH excluding ortho intramolecular Hbond substituents is 1. The number of ether oxygens (including phenoxy) is 3. The minimum Gasteiger partial charge on any atom is -0.507 e. The molecule has 0 amide bonds. The molecule has 0 heterocycles. The number of methoxy groups -OCH3 is 1. The lowest BCUT2D eigenvalue weighted by Gasteiger charge is -2.22. The van der Waals surface area contributed by atoms with Gasteiger partial charge in [-0.25, -0.2) is 0 Å². The number of hydrogen-bond acceptors (Lipinski definition) is 4. The molecule has 0 bridgehead atoms. The van der Waals surface area contributed by atoms with Crippen molar-refractivity contribution in [3.63, 3.8) is 0 Å². The summed E-state index contributed by atoms with van der Waals surface area (Å²) in [5.41, 5.74) is 12.9. The van der Waals surface area contributed by atoms with Crippen molar-refractivity contribution in [2.24, 2.45) is 0 Å². The van der Waals surface area contributed by atoms with Gasteiger partial charge in [-0.3, -0.25) is 0 Å². The first-order valence-corrected chi connectivity index (χ1v) is 13.4. The Morgan fingerprint density at radius 3 is 1.13 bits per heavy atom. The SMILES string of the molecule is COc1c(C)cc(Oc2c(C)cc(-c3cc(C)c(Oc4cc(C)c(O)c(C)c4)c(C)c3C)c(C)c2C)cc1C. The Hall–Kier alpha value is -3.92. The number of rotatable bonds is 6. The van der Waals surface area contributed by atoms with Gasteiger partial charge in [-0.1, -0.05) is 0 Å². The van der Waals surface area contributed by atoms with Gasteiger partial charge in [-0.2, -0.15) is 0 Å². The maximum Gasteiger partial charge on any atom is 0.133 e. The molecule has 0 aliphatic rings. The van der Waals surface area contributed by atoms with Crippen LogP contribution in [0.15, 0.2) is 36.4 Å². The molecule has 0 aliphatic heterocycles. The van der Waals surface area contributed by atoms with Gasteiger partial charge in [-0.15, -0.1) is 0 Å². The van der Waals surface area contributed by atoms with Gasteiger partial charge in [0.25, 0.3) is 0 Å². The van der Waals surface area contributed by atoms with Crippen molar-refractivity contribution in [2.75, 3.05) is 7.11 Å². The Kier molecular flexibility index (Phi) is 7.70. The molecule has 1 N–H and O–H groups in total. The first kappa shape index (κ1) is 28.1. The summed E-state index contributed by atoms with van der Waals surface area (Å²) in [4.78, 5) is 0. The van der Waals surface area contributed by atoms with E-state index in [9.17, 15) is 5.11 Å². The number of aromatic hydroxyl groups is 1. The lowest BCUT2D eigenvalue weighted by atomic mass is 9.88. The summed E-state index contributed by atoms with van der Waals surface area (Å²) in [5, 5.41) is 10.2. The Bertz CT molecular complexity index is 1550. The second-order valence-corrected chi connectivity index (χ2v) is 10.8. The van der Waals surface area contributed by atoms with Crippen LogP contribution in [0.3, 0.4) is 0 Å². The molecule has 4 aromatic carbocycles. The Morgan fingerprint density at radius 1 is 0.436 bits per heavy atom. The van der Waals surface area contributed by atoms with E-state index in [-0.39, 0.29) is 0 Å². The molecule has 39 heavy (non-hydrogen) atoms. The molecule has 204 valence electrons. The van der Waals surface area contributed by atoms with Gasteiger partial charge in [0, 0.05) is 0 Å². The Labute approximate surface area is 233 Å². The van der Waals surface area contributed by atoms with Gasteiger partial charge >= 0.3 is 0 Å². The van der Waals surface area contributed by atoms with Crippen molar-refractivity contribution >= 4 is 0 Å². The molecule has 4 aromatic rings. The molecule has 0 spiro atoms. The fourth-order valence-electron chi connectivity index (χ4n) is 5.49. The van der Waals surface area contributed by atoms with Crippen LogP contribution in [0.4, 0.5) is 0 Å². The van der Waals surface area contributed by atoms with Gasteiger partial charge in [0.15, 0.2) is 0 Å². The second-order valence-electron chi connectivity index (χ2n) is 10.8. The Morgan fingerprint density at radius 2 is 0.769 bits per heavy atom. The highest BCUT2D eigenvalue weighted by Crippen LogP contribution is 2.42. The number of hydrogen-bond donors (Lipinski definition) is 1. The van der Waals surface area contributed by atoms with E-state index in [2.05, 4.69) is 53.7 Å². The molecule has 0 aromatic heterocycles. The van der Waals surface area contributed by atoms with Gasteiger partial charge in [0.2, 0.25) is 0 Å². The number of phenols is 1. The van der Waals surface area contributed by atoms with Crippen LogP contribution in [0.1, 0.15) is 55.6 Å². The average molecular weight is 525 g/mol. The van der Waals surface area contributed by atoms with E-state index in [1.807, 2.05) is 52.0 Å². The van der Waals surface area contributed by atoms with Crippen LogP contribution in [0.2, 0.25) is 0 Å². The molecular weight excluding hydrogens is 484 g/mol. The van der Waals surface area contributed by atoms with Crippen molar-refractivity contribution in [1.29, 1.82) is 0 Å². The van der Waals surface area contributed by atoms with Gasteiger partial charge < -0.3 is 19.3 Å². The van der Waals surface area contributed by atoms with Crippen molar-refractivity contribution in [2.45, 2.75) is 69.2 Å². The van der Waals surface area contributed by atoms with E-state index in [0.717, 1.165) is 73.3 Å². The monoisotopic (exact) mass is 524 g/mol. The third-order valence-corrected chi connectivity index (χ3v) is 7.88. The van der Waals surface area contributed by atoms with Crippen LogP contribution < -0.4 is 14.2 Å². The molecule has 4 rings (SSSR count). The lowest BCUT2D eigenvalue weighted by Crippen LogP contribution is -2.01. The predicted molar refractivity (Wildman–Crippen MR) is 160 cm³/mol. The van der Waals surface area contributed by atoms with Crippen LogP contribution >= 0.6 is 0 Å². The topological polar surface area (TPSA) is 47.9 Å². The van der Waals surface area contributed by atoms with Gasteiger partial charge in [-0.05, 0) is 172 Å². The average Bonchev–Trinajstić information content (AvgIpc) is 2.87. The minimum atomic E-state index is 0.313. The number of aryl methyl sites for hydroxylation is 6. The van der Waals surface area contributed by atoms with Crippen LogP contribution in [0.25, 0.3) is 11.1 Å². The van der Waals surface area contributed by atoms with E-state index in [1.165, 1.54) is 22.3 Å². The highest BCUT2D eigenvalue weighted by atomic mass is 16.5. The fraction of sp³-hybridized carbons (Fsp3) is 0.314. The van der Waals surface area contributed by atoms with Crippen LogP contribution in [0, 0.1) is 69.2 Å². The predicted octanol–water partition coefficient (Wildman–Crippen LogP) is 9.74. The van der Waals surface area contributed by atoms with Gasteiger partial charge in [0.1, 0.15) is 34.5 Å². The quantitative estimate of drug-likeness (QED) is 0.273. The van der Waals surface area contributed by atoms with Crippen molar-refractivity contribution < 1.29 is 19.3 Å². The highest BCUT2D eigenvalue weighted by molar-refractivity contribution is 5.77. The summed E-state index contributed by atoms with van der Waals surface area (Å²) < 4.78 is 18.4. The third-order valence-electron chi connectivity index (χ3n) is 7.88. The summed E-state index contributed by atoms with van der Waals surface area (Å²) >= 11 is 0. The van der Waals surface area contributed by atoms with E-state index in [4.69, 9.17) is 14.2 Å². The standard InChI is InChI=1S/C35H40O4/c1-18-12-28(13-19(2)32(18)36)38-34-22(5)16-30(24(7)26(34)9)31-17-23(6)35(27(10)25(31)8)39-29-14-20(3)33(37-11)21(4)15-29/h12-17,36H,1-11H3. The summed E-state index contributed by atoms with van der Waals surface area (Å²) in [6.07, 6.45) is 0. The summed E-state index contributed by atoms with van der Waals surface area (Å²) in [6.45, 7) is 20.6. The Balaban J connectivity index is 1.74. The second kappa shape index (κ2) is 10.7. The molecule has 4 heteroatoms. The van der Waals surface area contributed by atoms with Crippen LogP contribution in [-0.4, -0.2) is 12.2 Å². The molecular formula is C35H40O4. The van der Waals surface area contributed by atoms with Crippen molar-refractivity contribution in [3.8, 4) is 45.6 Å². The molecule has 0 atom stereocenters. The zero-order valence-electron chi connectivity index (χ0n) is 25.1. The third kappa shape index (κ3) is 5.21. The summed E-state index contributed by atoms with van der Waals surface area (Å²) in [5.74, 6) is 4.50. The van der Waals surface area contributed by atoms with E-state index >= 15 is 0 Å². The molecule has 0 radical (unpaired) electrons. The first-order valence-electron chi connectivity index (χ1n) is 13.4. The van der Waals surface area contributed by atoms with E-state index < -0.39 is 0 Å². The van der Waals surface area contributed by atoms with Crippen molar-refractivity contribution in [3.05, 3.63) is 92.0 Å². The first-order chi connectivity index (χ1) is 18.3. The molecule has 0 aliphatic carbocycles. The number of benzene rings is 4. The van der Waals surface area contributed by atoms with Crippen LogP contribution in [-0.2, 0) is 0 Å². The maximum absolute atomic E-state index is 10.2. The summed E-state index contributed by atoms with van der Waals surface area (Å²) in [7, 11) is 1.70. The lowest BCUT2D eigenvalue weighted by molar-refractivity contribution is 0.406. The highest BCUT2D eigenvalue weighted by Gasteiger charge is 2.19. The van der Waals surface area contributed by atoms with Crippen molar-refractivity contribution in [1.82, 2.24) is 0 Å². The smallest absolute Gasteiger partial charge is 0.133 e. The van der Waals surface area contributed by atoms with Gasteiger partial charge in [0.05, 0.1) is 7.11 Å². The molecule has 0 saturated heterocycles. The molecule has 0 unspecified atom stereocenters. The normalized spacial score (nSPS) is 11.1. The largest absolute Gasteiger partial charge is 0.507 e. The summed E-state index contributed by atoms with van der Waals surface area (Å²) in [6, 6.07) is 12.3. The minimum absolute atomic E-state index is 0.313. The maximum atomic E-state index is 10.2. The zero-order valence-corrected chi connectivity index (χ0v) is 25.1. The molecule has 0 saturated carbocycles. The van der Waals surface area contributed by atoms with E-state index in [0.29, 0.717) is 5.75 Å². The molecule has 4 nitrogen and oxygen atoms in total.